The Morgan fingerprint density at radius 3 is 1.65 bits per heavy atom. The van der Waals surface area contributed by atoms with E-state index in [0.29, 0.717) is 0 Å². The number of ether oxygens (including phenoxy) is 1. The minimum atomic E-state index is -0.602. The zero-order chi connectivity index (χ0) is 46.8. The number of amidine groups is 1. The van der Waals surface area contributed by atoms with Crippen LogP contribution in [-0.4, -0.2) is 11.5 Å². The molecule has 0 bridgehead atoms. The summed E-state index contributed by atoms with van der Waals surface area (Å²) < 4.78 is 9.33. The van der Waals surface area contributed by atoms with Crippen LogP contribution in [0.3, 0.4) is 0 Å². The van der Waals surface area contributed by atoms with Crippen LogP contribution in [0, 0.1) is 5.92 Å². The number of para-hydroxylation sites is 2. The van der Waals surface area contributed by atoms with Crippen LogP contribution in [-0.2, 0) is 10.8 Å². The van der Waals surface area contributed by atoms with Gasteiger partial charge in [-0.1, -0.05) is 207 Å². The molecule has 0 saturated carbocycles. The van der Waals surface area contributed by atoms with Crippen molar-refractivity contribution in [2.75, 3.05) is 0 Å². The zero-order valence-corrected chi connectivity index (χ0v) is 39.7. The van der Waals surface area contributed by atoms with E-state index in [1.54, 1.807) is 0 Å². The van der Waals surface area contributed by atoms with Crippen molar-refractivity contribution in [2.45, 2.75) is 23.8 Å². The van der Waals surface area contributed by atoms with Gasteiger partial charge in [-0.25, -0.2) is 4.99 Å². The molecule has 3 heterocycles. The standard InChI is InChI=1S/C67H44N2OS/c1-41-63(42-18-3-2-4-19-42)68-65(69-64(41)45-34-36-49-48-23-6-16-33-61(48)71-62(49)40-45)46-21-17-20-43(38-46)44-35-37-52-50(39-44)47-22-5-7-24-51(47)66(52)53-25-8-10-27-55(53)67(56-28-11-9-26-54(56)66)57-29-12-14-31-59(57)70-60-32-15-13-30-58(60)67/h2-41,64H,1H3. The summed E-state index contributed by atoms with van der Waals surface area (Å²) in [7, 11) is 0. The topological polar surface area (TPSA) is 34.0 Å². The lowest BCUT2D eigenvalue weighted by Gasteiger charge is -2.51. The first-order chi connectivity index (χ1) is 35.1. The Labute approximate surface area is 416 Å². The summed E-state index contributed by atoms with van der Waals surface area (Å²) in [6.45, 7) is 2.28. The lowest BCUT2D eigenvalue weighted by atomic mass is 9.51. The molecule has 4 aliphatic rings. The van der Waals surface area contributed by atoms with Gasteiger partial charge in [-0.2, -0.15) is 0 Å². The van der Waals surface area contributed by atoms with E-state index < -0.39 is 10.8 Å². The molecular formula is C67H44N2OS. The molecule has 2 aliphatic heterocycles. The number of hydrogen-bond acceptors (Lipinski definition) is 4. The molecule has 11 aromatic rings. The minimum Gasteiger partial charge on any atom is -0.457 e. The fourth-order valence-corrected chi connectivity index (χ4v) is 14.2. The van der Waals surface area contributed by atoms with Crippen molar-refractivity contribution in [1.82, 2.24) is 0 Å². The van der Waals surface area contributed by atoms with Gasteiger partial charge < -0.3 is 4.74 Å². The number of nitrogens with zero attached hydrogens (tertiary/aromatic N) is 2. The summed E-state index contributed by atoms with van der Waals surface area (Å²) >= 11 is 1.86. The third-order valence-corrected chi connectivity index (χ3v) is 17.1. The normalized spacial score (nSPS) is 17.3. The molecule has 0 radical (unpaired) electrons. The summed E-state index contributed by atoms with van der Waals surface area (Å²) in [6, 6.07) is 87.1. The van der Waals surface area contributed by atoms with Gasteiger partial charge in [-0.05, 0) is 103 Å². The van der Waals surface area contributed by atoms with Crippen molar-refractivity contribution < 1.29 is 4.74 Å². The van der Waals surface area contributed by atoms with Gasteiger partial charge in [0, 0.05) is 42.8 Å². The van der Waals surface area contributed by atoms with E-state index >= 15 is 0 Å². The van der Waals surface area contributed by atoms with Crippen molar-refractivity contribution in [1.29, 1.82) is 0 Å². The summed E-state index contributed by atoms with van der Waals surface area (Å²) in [5, 5.41) is 2.61. The quantitative estimate of drug-likeness (QED) is 0.173. The third kappa shape index (κ3) is 5.60. The molecule has 15 rings (SSSR count). The maximum atomic E-state index is 6.73. The fraction of sp³-hybridized carbons (Fsp3) is 0.0746. The summed E-state index contributed by atoms with van der Waals surface area (Å²) in [4.78, 5) is 11.0. The van der Waals surface area contributed by atoms with Crippen molar-refractivity contribution in [3.05, 3.63) is 298 Å². The van der Waals surface area contributed by atoms with Gasteiger partial charge in [0.15, 0.2) is 5.84 Å². The highest BCUT2D eigenvalue weighted by molar-refractivity contribution is 7.25. The average molecular weight is 925 g/mol. The van der Waals surface area contributed by atoms with Crippen LogP contribution in [0.2, 0.25) is 0 Å². The van der Waals surface area contributed by atoms with Gasteiger partial charge in [-0.15, -0.1) is 11.3 Å². The third-order valence-electron chi connectivity index (χ3n) is 16.0. The maximum Gasteiger partial charge on any atom is 0.155 e. The molecule has 1 aromatic heterocycles. The SMILES string of the molecule is CC1C(c2ccccc2)=NC(c2cccc(-c3ccc4c(c3)-c3ccccc3C43c4ccccc4C4(c5ccccc5Oc5ccccc54)c4ccccc43)c2)=NC1c1ccc2c(c1)sc1ccccc12. The van der Waals surface area contributed by atoms with Crippen LogP contribution in [0.25, 0.3) is 42.4 Å². The van der Waals surface area contributed by atoms with Crippen LogP contribution in [0.15, 0.2) is 247 Å². The van der Waals surface area contributed by atoms with E-state index in [0.717, 1.165) is 56.4 Å². The molecule has 0 saturated heterocycles. The molecule has 334 valence electrons. The lowest BCUT2D eigenvalue weighted by molar-refractivity contribution is 0.429. The minimum absolute atomic E-state index is 0.0705. The molecule has 2 aliphatic carbocycles. The second kappa shape index (κ2) is 15.3. The van der Waals surface area contributed by atoms with Gasteiger partial charge in [0.1, 0.15) is 11.5 Å². The van der Waals surface area contributed by atoms with Crippen LogP contribution in [0.4, 0.5) is 0 Å². The first-order valence-electron chi connectivity index (χ1n) is 24.7. The lowest BCUT2D eigenvalue weighted by Crippen LogP contribution is -2.45. The maximum absolute atomic E-state index is 6.73. The second-order valence-corrected chi connectivity index (χ2v) is 20.6. The number of fused-ring (bicyclic) bond motifs is 18. The van der Waals surface area contributed by atoms with Crippen LogP contribution in [0.1, 0.15) is 74.2 Å². The number of rotatable bonds is 4. The molecule has 2 unspecified atom stereocenters. The summed E-state index contributed by atoms with van der Waals surface area (Å²) in [5.41, 5.74) is 18.1. The van der Waals surface area contributed by atoms with Gasteiger partial charge in [-0.3, -0.25) is 4.99 Å². The Bertz CT molecular complexity index is 3990. The smallest absolute Gasteiger partial charge is 0.155 e. The molecule has 71 heavy (non-hydrogen) atoms. The van der Waals surface area contributed by atoms with Crippen molar-refractivity contribution in [3.8, 4) is 33.8 Å². The van der Waals surface area contributed by atoms with Gasteiger partial charge in [0.05, 0.1) is 22.6 Å². The number of aliphatic imine (C=N–C) groups is 2. The average Bonchev–Trinajstić information content (AvgIpc) is 3.96. The van der Waals surface area contributed by atoms with Crippen LogP contribution >= 0.6 is 11.3 Å². The highest BCUT2D eigenvalue weighted by atomic mass is 32.1. The molecule has 2 spiro atoms. The molecule has 0 N–H and O–H groups in total. The predicted octanol–water partition coefficient (Wildman–Crippen LogP) is 16.5. The van der Waals surface area contributed by atoms with Crippen molar-refractivity contribution in [2.24, 2.45) is 15.9 Å². The molecule has 0 fully saturated rings. The predicted molar refractivity (Wildman–Crippen MR) is 292 cm³/mol. The van der Waals surface area contributed by atoms with E-state index in [1.165, 1.54) is 70.2 Å². The number of hydrogen-bond donors (Lipinski definition) is 0. The van der Waals surface area contributed by atoms with Gasteiger partial charge in [0.25, 0.3) is 0 Å². The Morgan fingerprint density at radius 1 is 0.394 bits per heavy atom. The number of thiophene rings is 1. The van der Waals surface area contributed by atoms with E-state index in [9.17, 15) is 0 Å². The monoisotopic (exact) mass is 924 g/mol. The van der Waals surface area contributed by atoms with E-state index in [1.807, 2.05) is 11.3 Å². The first kappa shape index (κ1) is 40.4. The highest BCUT2D eigenvalue weighted by Gasteiger charge is 2.58. The van der Waals surface area contributed by atoms with Crippen molar-refractivity contribution in [3.63, 3.8) is 0 Å². The molecule has 3 nitrogen and oxygen atoms in total. The molecule has 2 atom stereocenters. The largest absolute Gasteiger partial charge is 0.457 e. The molecule has 10 aromatic carbocycles. The Balaban J connectivity index is 0.893. The van der Waals surface area contributed by atoms with Gasteiger partial charge in [0.2, 0.25) is 0 Å². The Hall–Kier alpha value is -8.44. The van der Waals surface area contributed by atoms with E-state index in [2.05, 4.69) is 244 Å². The highest BCUT2D eigenvalue weighted by Crippen LogP contribution is 2.67. The second-order valence-electron chi connectivity index (χ2n) is 19.5. The molecule has 4 heteroatoms. The Morgan fingerprint density at radius 2 is 0.930 bits per heavy atom. The van der Waals surface area contributed by atoms with Crippen LogP contribution in [0.5, 0.6) is 11.5 Å². The summed E-state index contributed by atoms with van der Waals surface area (Å²) in [5.74, 6) is 2.62. The first-order valence-corrected chi connectivity index (χ1v) is 25.5. The van der Waals surface area contributed by atoms with Crippen molar-refractivity contribution >= 4 is 43.1 Å². The molecular weight excluding hydrogens is 881 g/mol. The van der Waals surface area contributed by atoms with E-state index in [4.69, 9.17) is 14.7 Å². The van der Waals surface area contributed by atoms with Gasteiger partial charge >= 0.3 is 0 Å². The van der Waals surface area contributed by atoms with Crippen LogP contribution < -0.4 is 4.74 Å². The Kier molecular flexibility index (Phi) is 8.70. The zero-order valence-electron chi connectivity index (χ0n) is 38.9. The fourth-order valence-electron chi connectivity index (χ4n) is 13.0. The number of benzene rings is 10. The van der Waals surface area contributed by atoms with E-state index in [-0.39, 0.29) is 12.0 Å². The molecule has 0 amide bonds. The summed E-state index contributed by atoms with van der Waals surface area (Å²) in [6.07, 6.45) is 0.